The molecule has 5 nitrogen and oxygen atoms in total. The predicted octanol–water partition coefficient (Wildman–Crippen LogP) is 3.60. The average molecular weight is 343 g/mol. The first-order valence-electron chi connectivity index (χ1n) is 8.34. The number of hydrogen-bond donors (Lipinski definition) is 2. The van der Waals surface area contributed by atoms with Crippen LogP contribution in [0.5, 0.6) is 0 Å². The minimum atomic E-state index is -0.494. The number of nitrogens with one attached hydrogen (secondary N) is 2. The first-order chi connectivity index (χ1) is 12.7. The highest BCUT2D eigenvalue weighted by Crippen LogP contribution is 2.31. The lowest BCUT2D eigenvalue weighted by Gasteiger charge is -2.37. The summed E-state index contributed by atoms with van der Waals surface area (Å²) in [6.07, 6.45) is -0.494. The van der Waals surface area contributed by atoms with Gasteiger partial charge in [0, 0.05) is 11.3 Å². The van der Waals surface area contributed by atoms with Crippen molar-refractivity contribution in [3.8, 4) is 0 Å². The number of carbonyl (C=O) groups is 2. The largest absolute Gasteiger partial charge is 0.359 e. The minimum absolute atomic E-state index is 0.252. The van der Waals surface area contributed by atoms with Crippen molar-refractivity contribution in [1.82, 2.24) is 10.4 Å². The maximum Gasteiger partial charge on any atom is 0.276 e. The van der Waals surface area contributed by atoms with Crippen LogP contribution in [0.25, 0.3) is 0 Å². The number of hydrazine groups is 1. The van der Waals surface area contributed by atoms with Gasteiger partial charge in [-0.15, -0.1) is 0 Å². The fraction of sp³-hybridized carbons (Fsp3) is 0.0476. The summed E-state index contributed by atoms with van der Waals surface area (Å²) in [5.74, 6) is -0.585. The summed E-state index contributed by atoms with van der Waals surface area (Å²) in [5.41, 5.74) is 5.39. The maximum atomic E-state index is 13.0. The lowest BCUT2D eigenvalue weighted by molar-refractivity contribution is 0.0491. The SMILES string of the molecule is O=C(NN1C(=O)c2ccccc2NC1c1ccccc1)c1ccccc1. The summed E-state index contributed by atoms with van der Waals surface area (Å²) in [7, 11) is 0. The van der Waals surface area contributed by atoms with Gasteiger partial charge in [0.1, 0.15) is 6.17 Å². The Balaban J connectivity index is 1.71. The van der Waals surface area contributed by atoms with Crippen LogP contribution < -0.4 is 10.7 Å². The van der Waals surface area contributed by atoms with E-state index >= 15 is 0 Å². The second-order valence-corrected chi connectivity index (χ2v) is 5.99. The monoisotopic (exact) mass is 343 g/mol. The number of nitrogens with zero attached hydrogens (tertiary/aromatic N) is 1. The molecule has 0 spiro atoms. The van der Waals surface area contributed by atoms with Gasteiger partial charge in [0.05, 0.1) is 5.56 Å². The van der Waals surface area contributed by atoms with E-state index in [2.05, 4.69) is 10.7 Å². The van der Waals surface area contributed by atoms with Crippen molar-refractivity contribution in [1.29, 1.82) is 0 Å². The van der Waals surface area contributed by atoms with Crippen LogP contribution in [0, 0.1) is 0 Å². The van der Waals surface area contributed by atoms with Crippen LogP contribution in [0.15, 0.2) is 84.9 Å². The quantitative estimate of drug-likeness (QED) is 0.764. The number of hydrogen-bond acceptors (Lipinski definition) is 3. The summed E-state index contributed by atoms with van der Waals surface area (Å²) < 4.78 is 0. The first kappa shape index (κ1) is 15.9. The zero-order valence-electron chi connectivity index (χ0n) is 13.9. The van der Waals surface area contributed by atoms with Gasteiger partial charge >= 0.3 is 0 Å². The number of benzene rings is 3. The summed E-state index contributed by atoms with van der Waals surface area (Å²) in [6.45, 7) is 0. The molecular weight excluding hydrogens is 326 g/mol. The maximum absolute atomic E-state index is 13.0. The van der Waals surface area contributed by atoms with E-state index in [0.717, 1.165) is 11.3 Å². The Kier molecular flexibility index (Phi) is 4.11. The van der Waals surface area contributed by atoms with E-state index in [1.165, 1.54) is 5.01 Å². The highest BCUT2D eigenvalue weighted by molar-refractivity contribution is 6.03. The molecule has 1 aliphatic rings. The minimum Gasteiger partial charge on any atom is -0.359 e. The van der Waals surface area contributed by atoms with Gasteiger partial charge in [-0.25, -0.2) is 5.01 Å². The van der Waals surface area contributed by atoms with Gasteiger partial charge in [0.25, 0.3) is 11.8 Å². The molecule has 0 saturated carbocycles. The van der Waals surface area contributed by atoms with E-state index in [1.54, 1.807) is 36.4 Å². The summed E-state index contributed by atoms with van der Waals surface area (Å²) >= 11 is 0. The summed E-state index contributed by atoms with van der Waals surface area (Å²) in [5, 5.41) is 4.70. The van der Waals surface area contributed by atoms with Gasteiger partial charge in [0.15, 0.2) is 0 Å². The van der Waals surface area contributed by atoms with Crippen LogP contribution in [0.2, 0.25) is 0 Å². The zero-order valence-corrected chi connectivity index (χ0v) is 13.9. The lowest BCUT2D eigenvalue weighted by atomic mass is 10.0. The Bertz CT molecular complexity index is 942. The van der Waals surface area contributed by atoms with Crippen LogP contribution in [0.3, 0.4) is 0 Å². The number of anilines is 1. The van der Waals surface area contributed by atoms with Crippen LogP contribution in [-0.4, -0.2) is 16.8 Å². The lowest BCUT2D eigenvalue weighted by Crippen LogP contribution is -2.52. The van der Waals surface area contributed by atoms with Crippen molar-refractivity contribution in [3.63, 3.8) is 0 Å². The molecule has 1 atom stereocenters. The highest BCUT2D eigenvalue weighted by Gasteiger charge is 2.34. The smallest absolute Gasteiger partial charge is 0.276 e. The molecule has 2 N–H and O–H groups in total. The third-order valence-electron chi connectivity index (χ3n) is 4.30. The van der Waals surface area contributed by atoms with E-state index in [9.17, 15) is 9.59 Å². The number of rotatable bonds is 3. The molecule has 2 amide bonds. The molecular formula is C21H17N3O2. The van der Waals surface area contributed by atoms with Gasteiger partial charge in [-0.2, -0.15) is 0 Å². The van der Waals surface area contributed by atoms with Crippen molar-refractivity contribution in [3.05, 3.63) is 102 Å². The van der Waals surface area contributed by atoms with E-state index in [4.69, 9.17) is 0 Å². The van der Waals surface area contributed by atoms with Gasteiger partial charge in [-0.3, -0.25) is 15.0 Å². The molecule has 3 aromatic rings. The van der Waals surface area contributed by atoms with Crippen molar-refractivity contribution < 1.29 is 9.59 Å². The molecule has 0 fully saturated rings. The van der Waals surface area contributed by atoms with Crippen LogP contribution >= 0.6 is 0 Å². The van der Waals surface area contributed by atoms with Gasteiger partial charge in [-0.05, 0) is 29.8 Å². The molecule has 128 valence electrons. The Morgan fingerprint density at radius 1 is 0.846 bits per heavy atom. The van der Waals surface area contributed by atoms with Crippen molar-refractivity contribution in [2.75, 3.05) is 5.32 Å². The molecule has 1 heterocycles. The van der Waals surface area contributed by atoms with Crippen molar-refractivity contribution >= 4 is 17.5 Å². The molecule has 0 aromatic heterocycles. The summed E-state index contributed by atoms with van der Waals surface area (Å²) in [4.78, 5) is 25.7. The molecule has 0 radical (unpaired) electrons. The van der Waals surface area contributed by atoms with E-state index < -0.39 is 6.17 Å². The topological polar surface area (TPSA) is 61.4 Å². The molecule has 0 saturated heterocycles. The Morgan fingerprint density at radius 2 is 1.46 bits per heavy atom. The standard InChI is InChI=1S/C21H17N3O2/c25-20(16-11-5-2-6-12-16)23-24-19(15-9-3-1-4-10-15)22-18-14-8-7-13-17(18)21(24)26/h1-14,19,22H,(H,23,25). The molecule has 1 aliphatic heterocycles. The number of fused-ring (bicyclic) bond motifs is 1. The second-order valence-electron chi connectivity index (χ2n) is 5.99. The fourth-order valence-electron chi connectivity index (χ4n) is 3.00. The molecule has 3 aromatic carbocycles. The highest BCUT2D eigenvalue weighted by atomic mass is 16.2. The van der Waals surface area contributed by atoms with Gasteiger partial charge in [0.2, 0.25) is 0 Å². The van der Waals surface area contributed by atoms with E-state index in [1.807, 2.05) is 48.5 Å². The third-order valence-corrected chi connectivity index (χ3v) is 4.30. The number of carbonyl (C=O) groups excluding carboxylic acids is 2. The zero-order chi connectivity index (χ0) is 17.9. The molecule has 1 unspecified atom stereocenters. The van der Waals surface area contributed by atoms with E-state index in [0.29, 0.717) is 11.1 Å². The molecule has 4 rings (SSSR count). The molecule has 5 heteroatoms. The first-order valence-corrected chi connectivity index (χ1v) is 8.34. The number of para-hydroxylation sites is 1. The molecule has 0 bridgehead atoms. The Labute approximate surface area is 151 Å². The Hall–Kier alpha value is -3.60. The van der Waals surface area contributed by atoms with Gasteiger partial charge in [-0.1, -0.05) is 60.7 Å². The second kappa shape index (κ2) is 6.72. The van der Waals surface area contributed by atoms with Gasteiger partial charge < -0.3 is 5.32 Å². The van der Waals surface area contributed by atoms with Crippen LogP contribution in [0.1, 0.15) is 32.4 Å². The van der Waals surface area contributed by atoms with Crippen molar-refractivity contribution in [2.45, 2.75) is 6.17 Å². The van der Waals surface area contributed by atoms with Crippen LogP contribution in [0.4, 0.5) is 5.69 Å². The third kappa shape index (κ3) is 2.91. The fourth-order valence-corrected chi connectivity index (χ4v) is 3.00. The van der Waals surface area contributed by atoms with Crippen LogP contribution in [-0.2, 0) is 0 Å². The molecule has 26 heavy (non-hydrogen) atoms. The summed E-state index contributed by atoms with van der Waals surface area (Å²) in [6, 6.07) is 25.7. The average Bonchev–Trinajstić information content (AvgIpc) is 2.71. The Morgan fingerprint density at radius 3 is 2.19 bits per heavy atom. The molecule has 0 aliphatic carbocycles. The van der Waals surface area contributed by atoms with Crippen molar-refractivity contribution in [2.24, 2.45) is 0 Å². The predicted molar refractivity (Wildman–Crippen MR) is 99.3 cm³/mol. The number of amides is 2. The van der Waals surface area contributed by atoms with E-state index in [-0.39, 0.29) is 11.8 Å². The normalized spacial score (nSPS) is 15.8.